The highest BCUT2D eigenvalue weighted by molar-refractivity contribution is 7.17. The van der Waals surface area contributed by atoms with Gasteiger partial charge >= 0.3 is 0 Å². The van der Waals surface area contributed by atoms with Gasteiger partial charge in [-0.15, -0.1) is 11.3 Å². The molecule has 1 saturated carbocycles. The van der Waals surface area contributed by atoms with Crippen LogP contribution in [0.2, 0.25) is 0 Å². The number of thiophene rings is 1. The molecule has 4 rings (SSSR count). The molecule has 2 N–H and O–H groups in total. The van der Waals surface area contributed by atoms with Crippen molar-refractivity contribution in [3.63, 3.8) is 0 Å². The standard InChI is InChI=1S/C21H25N5OS/c1-3-17(27)12-14-4-6-15(7-5-14)22-20-19-18(9-11-28-19)24-21(25-20)23-16-8-10-26(2)13-16/h3,8-11,13-15H,1,4-7,12H2,2H3,(H2,22,23,24,25). The van der Waals surface area contributed by atoms with Crippen molar-refractivity contribution in [2.45, 2.75) is 38.1 Å². The van der Waals surface area contributed by atoms with Gasteiger partial charge in [-0.1, -0.05) is 6.58 Å². The Labute approximate surface area is 168 Å². The molecule has 7 heteroatoms. The second-order valence-corrected chi connectivity index (χ2v) is 8.37. The van der Waals surface area contributed by atoms with Gasteiger partial charge < -0.3 is 15.2 Å². The van der Waals surface area contributed by atoms with Crippen LogP contribution in [0.4, 0.5) is 17.5 Å². The van der Waals surface area contributed by atoms with Crippen LogP contribution in [-0.4, -0.2) is 26.4 Å². The summed E-state index contributed by atoms with van der Waals surface area (Å²) in [6, 6.07) is 4.40. The maximum Gasteiger partial charge on any atom is 0.229 e. The lowest BCUT2D eigenvalue weighted by Crippen LogP contribution is -2.27. The molecule has 0 aliphatic heterocycles. The lowest BCUT2D eigenvalue weighted by Gasteiger charge is -2.29. The molecule has 1 aliphatic rings. The molecule has 0 bridgehead atoms. The quantitative estimate of drug-likeness (QED) is 0.557. The molecule has 0 saturated heterocycles. The van der Waals surface area contributed by atoms with Crippen molar-refractivity contribution >= 4 is 44.8 Å². The molecule has 6 nitrogen and oxygen atoms in total. The SMILES string of the molecule is C=CC(=O)CC1CCC(Nc2nc(Nc3ccn(C)c3)nc3ccsc23)CC1. The molecule has 0 spiro atoms. The van der Waals surface area contributed by atoms with Crippen LogP contribution in [-0.2, 0) is 11.8 Å². The number of nitrogens with one attached hydrogen (secondary N) is 2. The van der Waals surface area contributed by atoms with Gasteiger partial charge in [0.05, 0.1) is 15.9 Å². The van der Waals surface area contributed by atoms with Crippen molar-refractivity contribution in [1.82, 2.24) is 14.5 Å². The number of hydrogen-bond acceptors (Lipinski definition) is 6. The molecule has 0 amide bonds. The van der Waals surface area contributed by atoms with Gasteiger partial charge in [-0.25, -0.2) is 4.98 Å². The maximum absolute atomic E-state index is 11.6. The van der Waals surface area contributed by atoms with Gasteiger partial charge in [0, 0.05) is 31.9 Å². The average Bonchev–Trinajstić information content (AvgIpc) is 3.32. The molecule has 3 heterocycles. The van der Waals surface area contributed by atoms with E-state index in [0.29, 0.717) is 24.3 Å². The molecular weight excluding hydrogens is 370 g/mol. The van der Waals surface area contributed by atoms with E-state index in [1.165, 1.54) is 6.08 Å². The van der Waals surface area contributed by atoms with Gasteiger partial charge in [0.15, 0.2) is 5.78 Å². The lowest BCUT2D eigenvalue weighted by molar-refractivity contribution is -0.115. The van der Waals surface area contributed by atoms with E-state index in [1.54, 1.807) is 11.3 Å². The molecule has 0 atom stereocenters. The second-order valence-electron chi connectivity index (χ2n) is 7.46. The third kappa shape index (κ3) is 4.25. The summed E-state index contributed by atoms with van der Waals surface area (Å²) in [6.45, 7) is 3.58. The van der Waals surface area contributed by atoms with Crippen LogP contribution in [0.15, 0.2) is 42.6 Å². The Morgan fingerprint density at radius 1 is 1.32 bits per heavy atom. The number of fused-ring (bicyclic) bond motifs is 1. The fraction of sp³-hybridized carbons (Fsp3) is 0.381. The Morgan fingerprint density at radius 2 is 2.14 bits per heavy atom. The van der Waals surface area contributed by atoms with Crippen LogP contribution in [0.25, 0.3) is 10.2 Å². The first-order valence-electron chi connectivity index (χ1n) is 9.67. The monoisotopic (exact) mass is 395 g/mol. The van der Waals surface area contributed by atoms with Gasteiger partial charge in [-0.3, -0.25) is 4.79 Å². The third-order valence-corrected chi connectivity index (χ3v) is 6.21. The molecule has 1 fully saturated rings. The second kappa shape index (κ2) is 8.14. The molecule has 3 aromatic heterocycles. The van der Waals surface area contributed by atoms with E-state index in [4.69, 9.17) is 4.98 Å². The number of carbonyl (C=O) groups excluding carboxylic acids is 1. The van der Waals surface area contributed by atoms with Gasteiger partial charge in [-0.05, 0) is 55.2 Å². The molecule has 146 valence electrons. The number of aryl methyl sites for hydroxylation is 1. The van der Waals surface area contributed by atoms with Crippen LogP contribution in [0, 0.1) is 5.92 Å². The van der Waals surface area contributed by atoms with E-state index >= 15 is 0 Å². The molecule has 1 aliphatic carbocycles. The fourth-order valence-electron chi connectivity index (χ4n) is 3.80. The zero-order chi connectivity index (χ0) is 19.5. The predicted octanol–water partition coefficient (Wildman–Crippen LogP) is 4.89. The Morgan fingerprint density at radius 3 is 2.86 bits per heavy atom. The Balaban J connectivity index is 1.47. The van der Waals surface area contributed by atoms with Crippen LogP contribution in [0.1, 0.15) is 32.1 Å². The minimum atomic E-state index is 0.157. The highest BCUT2D eigenvalue weighted by atomic mass is 32.1. The number of rotatable bonds is 7. The zero-order valence-corrected chi connectivity index (χ0v) is 16.8. The minimum Gasteiger partial charge on any atom is -0.366 e. The van der Waals surface area contributed by atoms with Crippen molar-refractivity contribution in [3.8, 4) is 0 Å². The van der Waals surface area contributed by atoms with E-state index in [-0.39, 0.29) is 5.78 Å². The van der Waals surface area contributed by atoms with Crippen LogP contribution < -0.4 is 10.6 Å². The number of aromatic nitrogens is 3. The van der Waals surface area contributed by atoms with Crippen molar-refractivity contribution in [1.29, 1.82) is 0 Å². The summed E-state index contributed by atoms with van der Waals surface area (Å²) in [7, 11) is 1.99. The fourth-order valence-corrected chi connectivity index (χ4v) is 4.58. The Hall–Kier alpha value is -2.67. The van der Waals surface area contributed by atoms with Gasteiger partial charge in [0.1, 0.15) is 5.82 Å². The number of hydrogen-bond donors (Lipinski definition) is 2. The summed E-state index contributed by atoms with van der Waals surface area (Å²) in [5, 5.41) is 8.98. The summed E-state index contributed by atoms with van der Waals surface area (Å²) >= 11 is 1.66. The lowest BCUT2D eigenvalue weighted by atomic mass is 9.83. The van der Waals surface area contributed by atoms with Gasteiger partial charge in [0.2, 0.25) is 5.95 Å². The predicted molar refractivity (Wildman–Crippen MR) is 115 cm³/mol. The number of nitrogens with zero attached hydrogens (tertiary/aromatic N) is 3. The number of allylic oxidation sites excluding steroid dienone is 1. The van der Waals surface area contributed by atoms with Crippen LogP contribution in [0.5, 0.6) is 0 Å². The summed E-state index contributed by atoms with van der Waals surface area (Å²) in [6.07, 6.45) is 10.3. The van der Waals surface area contributed by atoms with Crippen LogP contribution >= 0.6 is 11.3 Å². The highest BCUT2D eigenvalue weighted by Gasteiger charge is 2.23. The third-order valence-electron chi connectivity index (χ3n) is 5.30. The van der Waals surface area contributed by atoms with Gasteiger partial charge in [0.25, 0.3) is 0 Å². The highest BCUT2D eigenvalue weighted by Crippen LogP contribution is 2.33. The zero-order valence-electron chi connectivity index (χ0n) is 16.0. The van der Waals surface area contributed by atoms with Crippen molar-refractivity contribution in [2.75, 3.05) is 10.6 Å². The summed E-state index contributed by atoms with van der Waals surface area (Å²) in [5.74, 6) is 2.13. The maximum atomic E-state index is 11.6. The Kier molecular flexibility index (Phi) is 5.43. The summed E-state index contributed by atoms with van der Waals surface area (Å²) < 4.78 is 3.07. The molecule has 3 aromatic rings. The van der Waals surface area contributed by atoms with E-state index in [1.807, 2.05) is 36.1 Å². The largest absolute Gasteiger partial charge is 0.366 e. The van der Waals surface area contributed by atoms with Gasteiger partial charge in [-0.2, -0.15) is 4.98 Å². The number of ketones is 1. The molecule has 0 unspecified atom stereocenters. The average molecular weight is 396 g/mol. The minimum absolute atomic E-state index is 0.157. The van der Waals surface area contributed by atoms with E-state index in [2.05, 4.69) is 27.6 Å². The van der Waals surface area contributed by atoms with Crippen molar-refractivity contribution in [2.24, 2.45) is 13.0 Å². The first-order chi connectivity index (χ1) is 13.6. The molecular formula is C21H25N5OS. The molecule has 0 radical (unpaired) electrons. The number of anilines is 3. The van der Waals surface area contributed by atoms with E-state index in [9.17, 15) is 4.79 Å². The van der Waals surface area contributed by atoms with Crippen LogP contribution in [0.3, 0.4) is 0 Å². The van der Waals surface area contributed by atoms with E-state index in [0.717, 1.165) is 47.4 Å². The molecule has 0 aromatic carbocycles. The topological polar surface area (TPSA) is 71.8 Å². The first kappa shape index (κ1) is 18.7. The molecule has 28 heavy (non-hydrogen) atoms. The first-order valence-corrected chi connectivity index (χ1v) is 10.5. The van der Waals surface area contributed by atoms with E-state index < -0.39 is 0 Å². The smallest absolute Gasteiger partial charge is 0.229 e. The van der Waals surface area contributed by atoms with Crippen molar-refractivity contribution < 1.29 is 4.79 Å². The number of carbonyl (C=O) groups is 1. The summed E-state index contributed by atoms with van der Waals surface area (Å²) in [4.78, 5) is 21.0. The summed E-state index contributed by atoms with van der Waals surface area (Å²) in [5.41, 5.74) is 1.92. The normalized spacial score (nSPS) is 19.5. The Bertz CT molecular complexity index is 984. The van der Waals surface area contributed by atoms with Crippen molar-refractivity contribution in [3.05, 3.63) is 42.6 Å².